The summed E-state index contributed by atoms with van der Waals surface area (Å²) in [6.45, 7) is 19.3. The summed E-state index contributed by atoms with van der Waals surface area (Å²) < 4.78 is 13.8. The molecule has 2 aromatic carbocycles. The van der Waals surface area contributed by atoms with E-state index in [-0.39, 0.29) is 5.78 Å². The van der Waals surface area contributed by atoms with Crippen LogP contribution in [0.1, 0.15) is 79.7 Å². The number of Topliss-reactive ketones (excluding diaryl/α,β-unsaturated/α-hetero) is 1. The summed E-state index contributed by atoms with van der Waals surface area (Å²) in [4.78, 5) is 15.2. The van der Waals surface area contributed by atoms with Gasteiger partial charge in [-0.2, -0.15) is 0 Å². The van der Waals surface area contributed by atoms with Crippen LogP contribution >= 0.6 is 11.6 Å². The molecule has 0 aliphatic carbocycles. The van der Waals surface area contributed by atoms with Crippen molar-refractivity contribution in [3.05, 3.63) is 81.2 Å². The van der Waals surface area contributed by atoms with Crippen LogP contribution in [0, 0.1) is 13.8 Å². The van der Waals surface area contributed by atoms with Crippen LogP contribution in [0.15, 0.2) is 48.2 Å². The fourth-order valence-corrected chi connectivity index (χ4v) is 5.77. The lowest BCUT2D eigenvalue weighted by Gasteiger charge is -2.25. The van der Waals surface area contributed by atoms with Crippen LogP contribution in [0.2, 0.25) is 5.02 Å². The summed E-state index contributed by atoms with van der Waals surface area (Å²) in [5, 5.41) is 1.89. The molecule has 6 heteroatoms. The first kappa shape index (κ1) is 32.5. The van der Waals surface area contributed by atoms with Crippen LogP contribution < -0.4 is 4.74 Å². The molecule has 222 valence electrons. The van der Waals surface area contributed by atoms with Gasteiger partial charge in [-0.1, -0.05) is 43.3 Å². The van der Waals surface area contributed by atoms with Crippen molar-refractivity contribution in [1.82, 2.24) is 9.47 Å². The molecule has 0 saturated heterocycles. The minimum atomic E-state index is 0.0660. The van der Waals surface area contributed by atoms with E-state index in [1.807, 2.05) is 33.0 Å². The number of aromatic nitrogens is 1. The van der Waals surface area contributed by atoms with Crippen molar-refractivity contribution in [2.45, 2.75) is 67.2 Å². The first-order valence-corrected chi connectivity index (χ1v) is 15.0. The highest BCUT2D eigenvalue weighted by molar-refractivity contribution is 6.32. The molecule has 0 spiro atoms. The van der Waals surface area contributed by atoms with Crippen LogP contribution in [0.4, 0.5) is 0 Å². The fourth-order valence-electron chi connectivity index (χ4n) is 5.66. The van der Waals surface area contributed by atoms with Gasteiger partial charge in [0.1, 0.15) is 5.75 Å². The molecule has 0 aliphatic heterocycles. The van der Waals surface area contributed by atoms with Gasteiger partial charge in [0, 0.05) is 68.0 Å². The Morgan fingerprint density at radius 3 is 2.34 bits per heavy atom. The zero-order chi connectivity index (χ0) is 30.3. The number of carbonyl (C=O) groups is 1. The van der Waals surface area contributed by atoms with Gasteiger partial charge in [-0.25, -0.2) is 0 Å². The number of hydrogen-bond acceptors (Lipinski definition) is 4. The number of carbonyl (C=O) groups excluding carboxylic acids is 1. The molecule has 5 nitrogen and oxygen atoms in total. The van der Waals surface area contributed by atoms with Crippen molar-refractivity contribution >= 4 is 33.9 Å². The lowest BCUT2D eigenvalue weighted by Crippen LogP contribution is -2.20. The van der Waals surface area contributed by atoms with Crippen molar-refractivity contribution in [2.75, 3.05) is 33.4 Å². The molecule has 0 fully saturated rings. The number of ketones is 1. The minimum absolute atomic E-state index is 0.0660. The quantitative estimate of drug-likeness (QED) is 0.103. The lowest BCUT2D eigenvalue weighted by atomic mass is 9.94. The highest BCUT2D eigenvalue weighted by Crippen LogP contribution is 2.37. The normalized spacial score (nSPS) is 12.0. The predicted octanol–water partition coefficient (Wildman–Crippen LogP) is 8.72. The zero-order valence-corrected chi connectivity index (χ0v) is 27.0. The lowest BCUT2D eigenvalue weighted by molar-refractivity contribution is 0.100. The van der Waals surface area contributed by atoms with E-state index in [2.05, 4.69) is 62.1 Å². The van der Waals surface area contributed by atoms with Crippen molar-refractivity contribution in [3.63, 3.8) is 0 Å². The Balaban J connectivity index is 1.93. The van der Waals surface area contributed by atoms with Gasteiger partial charge in [0.05, 0.1) is 17.8 Å². The van der Waals surface area contributed by atoms with Gasteiger partial charge in [0.15, 0.2) is 5.78 Å². The topological polar surface area (TPSA) is 43.7 Å². The Morgan fingerprint density at radius 1 is 1.05 bits per heavy atom. The van der Waals surface area contributed by atoms with Crippen molar-refractivity contribution in [3.8, 4) is 5.75 Å². The average Bonchev–Trinajstić information content (AvgIpc) is 3.21. The van der Waals surface area contributed by atoms with Gasteiger partial charge in [0.25, 0.3) is 0 Å². The molecule has 0 atom stereocenters. The van der Waals surface area contributed by atoms with Gasteiger partial charge in [-0.05, 0) is 87.8 Å². The predicted molar refractivity (Wildman–Crippen MR) is 173 cm³/mol. The number of rotatable bonds is 15. The van der Waals surface area contributed by atoms with Crippen LogP contribution in [-0.2, 0) is 18.2 Å². The summed E-state index contributed by atoms with van der Waals surface area (Å²) in [6.07, 6.45) is 3.52. The third kappa shape index (κ3) is 7.64. The average molecular weight is 579 g/mol. The van der Waals surface area contributed by atoms with E-state index >= 15 is 0 Å². The molecule has 0 saturated carbocycles. The van der Waals surface area contributed by atoms with Crippen LogP contribution in [0.5, 0.6) is 5.75 Å². The molecule has 0 amide bonds. The molecule has 3 rings (SSSR count). The van der Waals surface area contributed by atoms with Crippen LogP contribution in [0.3, 0.4) is 0 Å². The Bertz CT molecular complexity index is 1410. The third-order valence-corrected chi connectivity index (χ3v) is 8.26. The summed E-state index contributed by atoms with van der Waals surface area (Å²) in [5.41, 5.74) is 9.29. The van der Waals surface area contributed by atoms with E-state index in [4.69, 9.17) is 21.1 Å². The number of para-hydroxylation sites is 1. The molecular weight excluding hydrogens is 532 g/mol. The Morgan fingerprint density at radius 2 is 1.73 bits per heavy atom. The first-order chi connectivity index (χ1) is 19.5. The van der Waals surface area contributed by atoms with Crippen LogP contribution in [-0.4, -0.2) is 48.7 Å². The van der Waals surface area contributed by atoms with Gasteiger partial charge >= 0.3 is 0 Å². The van der Waals surface area contributed by atoms with Gasteiger partial charge < -0.3 is 18.9 Å². The number of hydrogen-bond donors (Lipinski definition) is 0. The maximum atomic E-state index is 13.0. The maximum absolute atomic E-state index is 13.0. The molecule has 41 heavy (non-hydrogen) atoms. The summed E-state index contributed by atoms with van der Waals surface area (Å²) >= 11 is 6.32. The Kier molecular flexibility index (Phi) is 11.7. The van der Waals surface area contributed by atoms with Crippen molar-refractivity contribution in [1.29, 1.82) is 0 Å². The number of allylic oxidation sites excluding steroid dienone is 3. The zero-order valence-electron chi connectivity index (χ0n) is 26.2. The molecule has 1 aromatic heterocycles. The molecule has 0 unspecified atom stereocenters. The first-order valence-electron chi connectivity index (χ1n) is 14.7. The number of fused-ring (bicyclic) bond motifs is 1. The van der Waals surface area contributed by atoms with Crippen molar-refractivity contribution in [2.24, 2.45) is 7.05 Å². The van der Waals surface area contributed by atoms with E-state index in [0.29, 0.717) is 6.61 Å². The number of aryl methyl sites for hydroxylation is 4. The smallest absolute Gasteiger partial charge is 0.176 e. The standard InChI is InChI=1S/C35H47ClN2O3/c1-10-18-40-19-13-17-37(8)26(6)32(23(2)3)31-15-11-14-30-29(34(27(7)39)38(9)35(30)31)16-12-20-41-28-21-24(4)33(36)25(5)22-28/h11,14-15,21-22H,2,10,12-13,16-20H2,1,3-9H3/b32-26+. The second-order valence-electron chi connectivity index (χ2n) is 11.1. The molecule has 0 aliphatic rings. The summed E-state index contributed by atoms with van der Waals surface area (Å²) in [5.74, 6) is 0.889. The van der Waals surface area contributed by atoms with Gasteiger partial charge in [0.2, 0.25) is 0 Å². The largest absolute Gasteiger partial charge is 0.494 e. The molecule has 0 bridgehead atoms. The van der Waals surface area contributed by atoms with E-state index < -0.39 is 0 Å². The number of halogens is 1. The van der Waals surface area contributed by atoms with E-state index in [1.54, 1.807) is 6.92 Å². The number of ether oxygens (including phenoxy) is 2. The Labute approximate surface area is 251 Å². The molecule has 0 radical (unpaired) electrons. The number of nitrogens with zero attached hydrogens (tertiary/aromatic N) is 2. The number of benzene rings is 2. The fraction of sp³-hybridized carbons (Fsp3) is 0.457. The second-order valence-corrected chi connectivity index (χ2v) is 11.5. The summed E-state index contributed by atoms with van der Waals surface area (Å²) in [6, 6.07) is 10.3. The van der Waals surface area contributed by atoms with E-state index in [1.165, 1.54) is 0 Å². The monoisotopic (exact) mass is 578 g/mol. The molecule has 0 N–H and O–H groups in total. The Hall–Kier alpha value is -3.02. The molecule has 3 aromatic rings. The van der Waals surface area contributed by atoms with Gasteiger partial charge in [-0.3, -0.25) is 4.79 Å². The highest BCUT2D eigenvalue weighted by atomic mass is 35.5. The highest BCUT2D eigenvalue weighted by Gasteiger charge is 2.23. The molecular formula is C35H47ClN2O3. The van der Waals surface area contributed by atoms with Gasteiger partial charge in [-0.15, -0.1) is 0 Å². The second kappa shape index (κ2) is 14.7. The van der Waals surface area contributed by atoms with Crippen LogP contribution in [0.25, 0.3) is 16.5 Å². The minimum Gasteiger partial charge on any atom is -0.494 e. The molecule has 1 heterocycles. The SMILES string of the molecule is C=C(C)/C(=C(/C)N(C)CCCOCCC)c1cccc2c(CCCOc3cc(C)c(Cl)c(C)c3)c(C(C)=O)n(C)c12. The maximum Gasteiger partial charge on any atom is 0.176 e. The summed E-state index contributed by atoms with van der Waals surface area (Å²) in [7, 11) is 4.13. The van der Waals surface area contributed by atoms with E-state index in [0.717, 1.165) is 112 Å². The third-order valence-electron chi connectivity index (χ3n) is 7.66. The van der Waals surface area contributed by atoms with E-state index in [9.17, 15) is 4.79 Å². The van der Waals surface area contributed by atoms with Crippen molar-refractivity contribution < 1.29 is 14.3 Å².